The zero-order valence-electron chi connectivity index (χ0n) is 11.0. The second-order valence-electron chi connectivity index (χ2n) is 5.55. The van der Waals surface area contributed by atoms with Crippen molar-refractivity contribution < 1.29 is 9.21 Å². The summed E-state index contributed by atoms with van der Waals surface area (Å²) in [5.41, 5.74) is 1.00. The van der Waals surface area contributed by atoms with Crippen LogP contribution in [0.15, 0.2) is 4.42 Å². The molecule has 2 saturated heterocycles. The summed E-state index contributed by atoms with van der Waals surface area (Å²) in [6.45, 7) is 7.38. The summed E-state index contributed by atoms with van der Waals surface area (Å²) in [6.07, 6.45) is 2.27. The number of aryl methyl sites for hydroxylation is 2. The van der Waals surface area contributed by atoms with Gasteiger partial charge in [0.25, 0.3) is 5.91 Å². The molecule has 3 rings (SSSR count). The molecule has 98 valence electrons. The number of hydrogen-bond donors (Lipinski definition) is 1. The maximum atomic E-state index is 12.4. The molecule has 18 heavy (non-hydrogen) atoms. The summed E-state index contributed by atoms with van der Waals surface area (Å²) in [7, 11) is 0. The zero-order chi connectivity index (χ0) is 12.8. The van der Waals surface area contributed by atoms with Crippen molar-refractivity contribution in [2.75, 3.05) is 26.2 Å². The molecular formula is C13H19N3O2. The molecule has 1 aromatic heterocycles. The number of nitrogens with zero attached hydrogens (tertiary/aromatic N) is 2. The summed E-state index contributed by atoms with van der Waals surface area (Å²) in [5.74, 6) is 0.972. The zero-order valence-corrected chi connectivity index (χ0v) is 11.0. The number of carbonyl (C=O) groups excluding carboxylic acids is 1. The smallest absolute Gasteiger partial charge is 0.291 e. The number of oxazole rings is 1. The molecule has 3 heterocycles. The van der Waals surface area contributed by atoms with Gasteiger partial charge in [-0.3, -0.25) is 4.79 Å². The summed E-state index contributed by atoms with van der Waals surface area (Å²) >= 11 is 0. The van der Waals surface area contributed by atoms with Gasteiger partial charge in [-0.15, -0.1) is 0 Å². The Morgan fingerprint density at radius 3 is 2.89 bits per heavy atom. The third-order valence-electron chi connectivity index (χ3n) is 4.16. The molecule has 1 atom stereocenters. The first-order valence-corrected chi connectivity index (χ1v) is 6.54. The molecule has 0 bridgehead atoms. The highest BCUT2D eigenvalue weighted by Crippen LogP contribution is 2.36. The lowest BCUT2D eigenvalue weighted by atomic mass is 9.87. The molecule has 0 aliphatic carbocycles. The molecule has 1 unspecified atom stereocenters. The van der Waals surface area contributed by atoms with Crippen LogP contribution >= 0.6 is 0 Å². The van der Waals surface area contributed by atoms with E-state index >= 15 is 0 Å². The lowest BCUT2D eigenvalue weighted by Crippen LogP contribution is -2.33. The van der Waals surface area contributed by atoms with E-state index in [4.69, 9.17) is 4.42 Å². The van der Waals surface area contributed by atoms with Gasteiger partial charge in [-0.2, -0.15) is 0 Å². The Bertz CT molecular complexity index is 475. The Kier molecular flexibility index (Phi) is 2.66. The van der Waals surface area contributed by atoms with Gasteiger partial charge in [0.2, 0.25) is 5.76 Å². The molecule has 2 aliphatic heterocycles. The summed E-state index contributed by atoms with van der Waals surface area (Å²) < 4.78 is 5.42. The standard InChI is InChI=1S/C13H19N3O2/c1-9-11(18-10(2)15-9)12(17)16-6-4-13(8-16)3-5-14-7-13/h14H,3-8H2,1-2H3. The van der Waals surface area contributed by atoms with Gasteiger partial charge < -0.3 is 14.6 Å². The Hall–Kier alpha value is -1.36. The normalized spacial score (nSPS) is 27.3. The summed E-state index contributed by atoms with van der Waals surface area (Å²) in [6, 6.07) is 0. The molecule has 5 heteroatoms. The third kappa shape index (κ3) is 1.82. The fraction of sp³-hybridized carbons (Fsp3) is 0.692. The van der Waals surface area contributed by atoms with Crippen molar-refractivity contribution in [3.63, 3.8) is 0 Å². The first-order chi connectivity index (χ1) is 8.60. The second-order valence-corrected chi connectivity index (χ2v) is 5.55. The van der Waals surface area contributed by atoms with Gasteiger partial charge in [0.05, 0.1) is 5.69 Å². The quantitative estimate of drug-likeness (QED) is 0.810. The van der Waals surface area contributed by atoms with Gasteiger partial charge in [0, 0.05) is 32.0 Å². The van der Waals surface area contributed by atoms with Crippen LogP contribution in [0.25, 0.3) is 0 Å². The van der Waals surface area contributed by atoms with Gasteiger partial charge in [0.1, 0.15) is 0 Å². The molecule has 0 saturated carbocycles. The van der Waals surface area contributed by atoms with Crippen LogP contribution in [0.4, 0.5) is 0 Å². The Balaban J connectivity index is 1.76. The Labute approximate surface area is 107 Å². The number of hydrogen-bond acceptors (Lipinski definition) is 4. The second kappa shape index (κ2) is 4.09. The van der Waals surface area contributed by atoms with Crippen LogP contribution < -0.4 is 5.32 Å². The van der Waals surface area contributed by atoms with Crippen molar-refractivity contribution in [1.29, 1.82) is 0 Å². The number of aromatic nitrogens is 1. The molecule has 1 aromatic rings. The van der Waals surface area contributed by atoms with E-state index in [-0.39, 0.29) is 5.91 Å². The van der Waals surface area contributed by atoms with Crippen LogP contribution in [-0.2, 0) is 0 Å². The topological polar surface area (TPSA) is 58.4 Å². The molecular weight excluding hydrogens is 230 g/mol. The van der Waals surface area contributed by atoms with E-state index in [0.29, 0.717) is 22.8 Å². The maximum absolute atomic E-state index is 12.4. The van der Waals surface area contributed by atoms with Crippen LogP contribution in [0.5, 0.6) is 0 Å². The Morgan fingerprint density at radius 1 is 1.44 bits per heavy atom. The predicted octanol–water partition coefficient (Wildman–Crippen LogP) is 1.12. The number of amides is 1. The van der Waals surface area contributed by atoms with Crippen molar-refractivity contribution in [2.24, 2.45) is 5.41 Å². The van der Waals surface area contributed by atoms with Gasteiger partial charge in [0.15, 0.2) is 5.89 Å². The minimum Gasteiger partial charge on any atom is -0.436 e. The molecule has 1 spiro atoms. The van der Waals surface area contributed by atoms with E-state index in [0.717, 1.165) is 32.6 Å². The Morgan fingerprint density at radius 2 is 2.28 bits per heavy atom. The summed E-state index contributed by atoms with van der Waals surface area (Å²) in [4.78, 5) is 18.5. The molecule has 2 fully saturated rings. The molecule has 0 radical (unpaired) electrons. The largest absolute Gasteiger partial charge is 0.436 e. The van der Waals surface area contributed by atoms with E-state index < -0.39 is 0 Å². The lowest BCUT2D eigenvalue weighted by Gasteiger charge is -2.22. The van der Waals surface area contributed by atoms with E-state index in [1.165, 1.54) is 6.42 Å². The average Bonchev–Trinajstić information content (AvgIpc) is 3.02. The number of rotatable bonds is 1. The predicted molar refractivity (Wildman–Crippen MR) is 66.4 cm³/mol. The van der Waals surface area contributed by atoms with Crippen molar-refractivity contribution in [3.05, 3.63) is 17.3 Å². The average molecular weight is 249 g/mol. The molecule has 5 nitrogen and oxygen atoms in total. The highest BCUT2D eigenvalue weighted by atomic mass is 16.4. The molecule has 1 amide bonds. The lowest BCUT2D eigenvalue weighted by molar-refractivity contribution is 0.0741. The first-order valence-electron chi connectivity index (χ1n) is 6.54. The van der Waals surface area contributed by atoms with Crippen LogP contribution in [0, 0.1) is 19.3 Å². The van der Waals surface area contributed by atoms with Crippen molar-refractivity contribution >= 4 is 5.91 Å². The van der Waals surface area contributed by atoms with Crippen LogP contribution in [-0.4, -0.2) is 42.0 Å². The van der Waals surface area contributed by atoms with Crippen LogP contribution in [0.1, 0.15) is 35.0 Å². The fourth-order valence-corrected chi connectivity index (χ4v) is 3.13. The van der Waals surface area contributed by atoms with Gasteiger partial charge >= 0.3 is 0 Å². The van der Waals surface area contributed by atoms with Crippen LogP contribution in [0.2, 0.25) is 0 Å². The first kappa shape index (κ1) is 11.7. The van der Waals surface area contributed by atoms with Crippen molar-refractivity contribution in [2.45, 2.75) is 26.7 Å². The van der Waals surface area contributed by atoms with E-state index in [9.17, 15) is 4.79 Å². The summed E-state index contributed by atoms with van der Waals surface area (Å²) in [5, 5.41) is 3.40. The number of carbonyl (C=O) groups is 1. The SMILES string of the molecule is Cc1nc(C)c(C(=O)N2CCC3(CCNC3)C2)o1. The maximum Gasteiger partial charge on any atom is 0.291 e. The van der Waals surface area contributed by atoms with Crippen molar-refractivity contribution in [3.8, 4) is 0 Å². The molecule has 0 aromatic carbocycles. The van der Waals surface area contributed by atoms with E-state index in [1.54, 1.807) is 6.92 Å². The van der Waals surface area contributed by atoms with Crippen LogP contribution in [0.3, 0.4) is 0 Å². The van der Waals surface area contributed by atoms with Crippen molar-refractivity contribution in [1.82, 2.24) is 15.2 Å². The monoisotopic (exact) mass is 249 g/mol. The minimum atomic E-state index is -0.00289. The van der Waals surface area contributed by atoms with E-state index in [2.05, 4.69) is 10.3 Å². The van der Waals surface area contributed by atoms with E-state index in [1.807, 2.05) is 11.8 Å². The molecule has 1 N–H and O–H groups in total. The minimum absolute atomic E-state index is 0.00289. The molecule has 2 aliphatic rings. The van der Waals surface area contributed by atoms with Gasteiger partial charge in [-0.25, -0.2) is 4.98 Å². The highest BCUT2D eigenvalue weighted by Gasteiger charge is 2.42. The number of likely N-dealkylation sites (tertiary alicyclic amines) is 1. The number of nitrogens with one attached hydrogen (secondary N) is 1. The van der Waals surface area contributed by atoms with Gasteiger partial charge in [-0.1, -0.05) is 0 Å². The third-order valence-corrected chi connectivity index (χ3v) is 4.16. The fourth-order valence-electron chi connectivity index (χ4n) is 3.13. The van der Waals surface area contributed by atoms with Gasteiger partial charge in [-0.05, 0) is 26.3 Å². The highest BCUT2D eigenvalue weighted by molar-refractivity contribution is 5.92.